The molecule has 0 atom stereocenters. The average molecular weight is 309 g/mol. The minimum Gasteiger partial charge on any atom is -0.411 e. The summed E-state index contributed by atoms with van der Waals surface area (Å²) in [6.45, 7) is 8.38. The van der Waals surface area contributed by atoms with Crippen LogP contribution in [0, 0.1) is 0 Å². The van der Waals surface area contributed by atoms with Crippen LogP contribution in [0.4, 0.5) is 0 Å². The van der Waals surface area contributed by atoms with Crippen LogP contribution in [-0.2, 0) is 12.6 Å². The molecular weight excluding hydrogens is 295 g/mol. The Kier molecular flexibility index (Phi) is 10.7. The van der Waals surface area contributed by atoms with Gasteiger partial charge in [0.15, 0.2) is 0 Å². The molecule has 0 saturated carbocycles. The summed E-state index contributed by atoms with van der Waals surface area (Å²) in [5.41, 5.74) is 0. The van der Waals surface area contributed by atoms with Crippen LogP contribution in [0.25, 0.3) is 0 Å². The van der Waals surface area contributed by atoms with E-state index in [2.05, 4.69) is 27.7 Å². The first-order valence-electron chi connectivity index (χ1n) is 3.46. The fraction of sp³-hybridized carbons (Fsp3) is 0.857. The van der Waals surface area contributed by atoms with Crippen LogP contribution in [0.5, 0.6) is 0 Å². The van der Waals surface area contributed by atoms with E-state index in [9.17, 15) is 0 Å². The maximum absolute atomic E-state index is 4.91. The van der Waals surface area contributed by atoms with Crippen molar-refractivity contribution in [1.29, 1.82) is 0 Å². The predicted molar refractivity (Wildman–Crippen MR) is 52.1 cm³/mol. The minimum absolute atomic E-state index is 0. The fourth-order valence-corrected chi connectivity index (χ4v) is 1.86. The molecule has 0 saturated heterocycles. The zero-order valence-electron chi connectivity index (χ0n) is 7.92. The Balaban J connectivity index is 0. The standard InChI is InChI=1S/C7H15NS2.Cs/c1-5(2)8(6(3)4)7(9)10;/h5-6H,1-4H3,(H,9,10);/q;+1/p-1. The predicted octanol–water partition coefficient (Wildman–Crippen LogP) is -1.06. The van der Waals surface area contributed by atoms with Crippen molar-refractivity contribution in [2.45, 2.75) is 39.8 Å². The van der Waals surface area contributed by atoms with Gasteiger partial charge in [0.25, 0.3) is 0 Å². The van der Waals surface area contributed by atoms with Gasteiger partial charge >= 0.3 is 68.9 Å². The molecule has 0 aliphatic carbocycles. The second kappa shape index (κ2) is 7.56. The van der Waals surface area contributed by atoms with Gasteiger partial charge in [-0.1, -0.05) is 4.32 Å². The van der Waals surface area contributed by atoms with Crippen LogP contribution in [-0.4, -0.2) is 21.3 Å². The zero-order chi connectivity index (χ0) is 8.31. The third kappa shape index (κ3) is 6.26. The third-order valence-corrected chi connectivity index (χ3v) is 1.75. The first-order valence-corrected chi connectivity index (χ1v) is 4.27. The van der Waals surface area contributed by atoms with E-state index >= 15 is 0 Å². The zero-order valence-corrected chi connectivity index (χ0v) is 15.8. The van der Waals surface area contributed by atoms with Crippen LogP contribution in [0.15, 0.2) is 0 Å². The Hall–Kier alpha value is 2.16. The molecule has 0 rings (SSSR count). The van der Waals surface area contributed by atoms with E-state index in [1.807, 2.05) is 4.90 Å². The Morgan fingerprint density at radius 1 is 1.18 bits per heavy atom. The van der Waals surface area contributed by atoms with Crippen LogP contribution in [0.1, 0.15) is 27.7 Å². The van der Waals surface area contributed by atoms with Crippen LogP contribution < -0.4 is 68.9 Å². The molecule has 0 spiro atoms. The molecule has 0 fully saturated rings. The molecule has 0 aromatic carbocycles. The van der Waals surface area contributed by atoms with Crippen LogP contribution >= 0.6 is 12.2 Å². The Labute approximate surface area is 140 Å². The van der Waals surface area contributed by atoms with Crippen LogP contribution in [0.3, 0.4) is 0 Å². The van der Waals surface area contributed by atoms with Crippen LogP contribution in [0.2, 0.25) is 0 Å². The molecule has 0 N–H and O–H groups in total. The number of hydrogen-bond acceptors (Lipinski definition) is 2. The maximum atomic E-state index is 4.91. The van der Waals surface area contributed by atoms with Gasteiger partial charge in [-0.3, -0.25) is 0 Å². The summed E-state index contributed by atoms with van der Waals surface area (Å²) < 4.78 is 0.574. The molecule has 11 heavy (non-hydrogen) atoms. The summed E-state index contributed by atoms with van der Waals surface area (Å²) in [4.78, 5) is 2.05. The molecule has 1 nitrogen and oxygen atoms in total. The summed E-state index contributed by atoms with van der Waals surface area (Å²) >= 11 is 9.82. The van der Waals surface area contributed by atoms with Gasteiger partial charge in [-0.15, -0.1) is 0 Å². The van der Waals surface area contributed by atoms with E-state index < -0.39 is 0 Å². The van der Waals surface area contributed by atoms with Crippen molar-refractivity contribution in [2.75, 3.05) is 0 Å². The Bertz CT molecular complexity index is 118. The molecule has 4 heteroatoms. The molecule has 60 valence electrons. The van der Waals surface area contributed by atoms with Gasteiger partial charge in [-0.05, 0) is 27.7 Å². The monoisotopic (exact) mass is 309 g/mol. The van der Waals surface area contributed by atoms with Gasteiger partial charge in [0.1, 0.15) is 0 Å². The molecule has 0 unspecified atom stereocenters. The van der Waals surface area contributed by atoms with E-state index in [1.165, 1.54) is 0 Å². The molecule has 0 aromatic heterocycles. The van der Waals surface area contributed by atoms with Gasteiger partial charge in [0, 0.05) is 12.1 Å². The summed E-state index contributed by atoms with van der Waals surface area (Å²) in [7, 11) is 0. The first-order chi connectivity index (χ1) is 4.46. The SMILES string of the molecule is CC(C)N(C(=S)[S-])C(C)C.[Cs+]. The Morgan fingerprint density at radius 3 is 1.45 bits per heavy atom. The third-order valence-electron chi connectivity index (χ3n) is 1.32. The molecule has 0 radical (unpaired) electrons. The van der Waals surface area contributed by atoms with E-state index in [0.717, 1.165) is 0 Å². The second-order valence-electron chi connectivity index (χ2n) is 2.86. The summed E-state index contributed by atoms with van der Waals surface area (Å²) in [6.07, 6.45) is 0. The molecular formula is C7H14CsNS2. The molecule has 0 amide bonds. The van der Waals surface area contributed by atoms with Crippen molar-refractivity contribution in [3.63, 3.8) is 0 Å². The normalized spacial score (nSPS) is 9.64. The maximum Gasteiger partial charge on any atom is 1.00 e. The summed E-state index contributed by atoms with van der Waals surface area (Å²) in [5, 5.41) is 0. The fourth-order valence-electron chi connectivity index (χ4n) is 1.02. The topological polar surface area (TPSA) is 3.24 Å². The van der Waals surface area contributed by atoms with E-state index in [4.69, 9.17) is 24.8 Å². The van der Waals surface area contributed by atoms with Crippen molar-refractivity contribution < 1.29 is 68.9 Å². The largest absolute Gasteiger partial charge is 1.00 e. The van der Waals surface area contributed by atoms with E-state index in [-0.39, 0.29) is 68.9 Å². The molecule has 0 aromatic rings. The van der Waals surface area contributed by atoms with E-state index in [0.29, 0.717) is 16.4 Å². The van der Waals surface area contributed by atoms with Crippen molar-refractivity contribution in [3.8, 4) is 0 Å². The smallest absolute Gasteiger partial charge is 0.411 e. The average Bonchev–Trinajstić information content (AvgIpc) is 1.59. The van der Waals surface area contributed by atoms with Gasteiger partial charge in [0.05, 0.1) is 0 Å². The quantitative estimate of drug-likeness (QED) is 0.473. The molecule has 0 bridgehead atoms. The Morgan fingerprint density at radius 2 is 1.45 bits per heavy atom. The van der Waals surface area contributed by atoms with Crippen molar-refractivity contribution in [2.24, 2.45) is 0 Å². The molecule has 0 aliphatic heterocycles. The second-order valence-corrected chi connectivity index (χ2v) is 3.89. The van der Waals surface area contributed by atoms with Gasteiger partial charge in [0.2, 0.25) is 0 Å². The first kappa shape index (κ1) is 15.6. The molecule has 0 heterocycles. The number of nitrogens with zero attached hydrogens (tertiary/aromatic N) is 1. The van der Waals surface area contributed by atoms with Gasteiger partial charge in [-0.25, -0.2) is 0 Å². The molecule has 0 aliphatic rings. The van der Waals surface area contributed by atoms with Crippen molar-refractivity contribution in [1.82, 2.24) is 4.90 Å². The number of rotatable bonds is 2. The van der Waals surface area contributed by atoms with Crippen molar-refractivity contribution in [3.05, 3.63) is 0 Å². The van der Waals surface area contributed by atoms with Gasteiger partial charge < -0.3 is 29.7 Å². The van der Waals surface area contributed by atoms with Crippen molar-refractivity contribution >= 4 is 29.2 Å². The minimum atomic E-state index is 0. The number of hydrogen-bond donors (Lipinski definition) is 0. The van der Waals surface area contributed by atoms with E-state index in [1.54, 1.807) is 0 Å². The summed E-state index contributed by atoms with van der Waals surface area (Å²) in [6, 6.07) is 0.843. The number of thiocarbonyl (C=S) groups is 1. The van der Waals surface area contributed by atoms with Gasteiger partial charge in [-0.2, -0.15) is 0 Å². The summed E-state index contributed by atoms with van der Waals surface area (Å²) in [5.74, 6) is 0.